The molecule has 1 saturated heterocycles. The summed E-state index contributed by atoms with van der Waals surface area (Å²) in [6, 6.07) is 2.03. The molecular weight excluding hydrogens is 216 g/mol. The van der Waals surface area contributed by atoms with E-state index in [-0.39, 0.29) is 13.2 Å². The second-order valence-corrected chi connectivity index (χ2v) is 4.73. The number of hydrogen-bond donors (Lipinski definition) is 2. The van der Waals surface area contributed by atoms with Crippen molar-refractivity contribution in [3.05, 3.63) is 23.5 Å². The highest BCUT2D eigenvalue weighted by Gasteiger charge is 2.20. The topological polar surface area (TPSA) is 56.6 Å². The molecule has 4 nitrogen and oxygen atoms in total. The Hall–Kier alpha value is -1.13. The van der Waals surface area contributed by atoms with Gasteiger partial charge in [-0.3, -0.25) is 4.98 Å². The molecular formula is C13H20N2O2. The van der Waals surface area contributed by atoms with Crippen molar-refractivity contribution >= 4 is 5.69 Å². The van der Waals surface area contributed by atoms with E-state index in [2.05, 4.69) is 9.88 Å². The molecule has 4 heteroatoms. The molecule has 0 aromatic carbocycles. The molecule has 1 aliphatic rings. The maximum atomic E-state index is 9.33. The highest BCUT2D eigenvalue weighted by Crippen LogP contribution is 2.26. The van der Waals surface area contributed by atoms with Crippen molar-refractivity contribution in [3.63, 3.8) is 0 Å². The summed E-state index contributed by atoms with van der Waals surface area (Å²) in [6.45, 7) is 4.17. The molecule has 0 bridgehead atoms. The predicted molar refractivity (Wildman–Crippen MR) is 66.9 cm³/mol. The van der Waals surface area contributed by atoms with E-state index in [1.807, 2.05) is 13.0 Å². The van der Waals surface area contributed by atoms with Crippen LogP contribution < -0.4 is 4.90 Å². The zero-order valence-electron chi connectivity index (χ0n) is 10.3. The fourth-order valence-corrected chi connectivity index (χ4v) is 2.35. The minimum Gasteiger partial charge on any atom is -0.396 e. The van der Waals surface area contributed by atoms with Gasteiger partial charge in [0.05, 0.1) is 6.61 Å². The molecule has 1 aromatic heterocycles. The predicted octanol–water partition coefficient (Wildman–Crippen LogP) is 1.09. The van der Waals surface area contributed by atoms with Gasteiger partial charge in [0.15, 0.2) is 0 Å². The first-order chi connectivity index (χ1) is 8.24. The van der Waals surface area contributed by atoms with Gasteiger partial charge in [0.25, 0.3) is 0 Å². The molecule has 1 aromatic rings. The highest BCUT2D eigenvalue weighted by molar-refractivity contribution is 5.53. The second-order valence-electron chi connectivity index (χ2n) is 4.73. The normalized spacial score (nSPS) is 17.5. The highest BCUT2D eigenvalue weighted by atomic mass is 16.3. The molecule has 17 heavy (non-hydrogen) atoms. The van der Waals surface area contributed by atoms with Crippen LogP contribution in [0.25, 0.3) is 0 Å². The van der Waals surface area contributed by atoms with E-state index >= 15 is 0 Å². The zero-order valence-corrected chi connectivity index (χ0v) is 10.3. The van der Waals surface area contributed by atoms with Crippen LogP contribution in [0.5, 0.6) is 0 Å². The van der Waals surface area contributed by atoms with E-state index in [1.54, 1.807) is 6.20 Å². The van der Waals surface area contributed by atoms with Crippen LogP contribution in [0.15, 0.2) is 12.3 Å². The number of anilines is 1. The standard InChI is InChI=1S/C13H20N2O2/c1-10-6-13(12(9-17)7-14-10)15-4-2-11(8-16)3-5-15/h6-7,11,16-17H,2-5,8-9H2,1H3. The lowest BCUT2D eigenvalue weighted by molar-refractivity contribution is 0.202. The van der Waals surface area contributed by atoms with Crippen LogP contribution >= 0.6 is 0 Å². The minimum absolute atomic E-state index is 0.0303. The van der Waals surface area contributed by atoms with Crippen molar-refractivity contribution in [2.75, 3.05) is 24.6 Å². The lowest BCUT2D eigenvalue weighted by Gasteiger charge is -2.34. The monoisotopic (exact) mass is 236 g/mol. The second kappa shape index (κ2) is 5.47. The fourth-order valence-electron chi connectivity index (χ4n) is 2.35. The number of aliphatic hydroxyl groups excluding tert-OH is 2. The van der Waals surface area contributed by atoms with Crippen LogP contribution in [0.3, 0.4) is 0 Å². The SMILES string of the molecule is Cc1cc(N2CCC(CO)CC2)c(CO)cn1. The van der Waals surface area contributed by atoms with Crippen LogP contribution in [-0.2, 0) is 6.61 Å². The number of hydrogen-bond acceptors (Lipinski definition) is 4. The van der Waals surface area contributed by atoms with Gasteiger partial charge in [-0.25, -0.2) is 0 Å². The molecule has 2 rings (SSSR count). The number of piperidine rings is 1. The molecule has 1 fully saturated rings. The fraction of sp³-hybridized carbons (Fsp3) is 0.615. The summed E-state index contributed by atoms with van der Waals surface area (Å²) in [7, 11) is 0. The number of aliphatic hydroxyl groups is 2. The van der Waals surface area contributed by atoms with Gasteiger partial charge < -0.3 is 15.1 Å². The van der Waals surface area contributed by atoms with Crippen LogP contribution in [0, 0.1) is 12.8 Å². The van der Waals surface area contributed by atoms with E-state index in [0.29, 0.717) is 5.92 Å². The van der Waals surface area contributed by atoms with E-state index < -0.39 is 0 Å². The van der Waals surface area contributed by atoms with Gasteiger partial charge >= 0.3 is 0 Å². The molecule has 0 spiro atoms. The van der Waals surface area contributed by atoms with Crippen LogP contribution in [0.2, 0.25) is 0 Å². The Labute approximate surface area is 102 Å². The smallest absolute Gasteiger partial charge is 0.0717 e. The van der Waals surface area contributed by atoms with Crippen molar-refractivity contribution in [3.8, 4) is 0 Å². The van der Waals surface area contributed by atoms with Crippen molar-refractivity contribution < 1.29 is 10.2 Å². The Balaban J connectivity index is 2.14. The van der Waals surface area contributed by atoms with E-state index in [4.69, 9.17) is 5.11 Å². The average Bonchev–Trinajstić information content (AvgIpc) is 2.39. The summed E-state index contributed by atoms with van der Waals surface area (Å²) in [6.07, 6.45) is 3.79. The summed E-state index contributed by atoms with van der Waals surface area (Å²) < 4.78 is 0. The van der Waals surface area contributed by atoms with Crippen LogP contribution in [-0.4, -0.2) is 34.9 Å². The molecule has 2 heterocycles. The van der Waals surface area contributed by atoms with Gasteiger partial charge in [0, 0.05) is 42.8 Å². The maximum Gasteiger partial charge on any atom is 0.0717 e. The van der Waals surface area contributed by atoms with Gasteiger partial charge in [-0.15, -0.1) is 0 Å². The van der Waals surface area contributed by atoms with Gasteiger partial charge in [-0.1, -0.05) is 0 Å². The van der Waals surface area contributed by atoms with E-state index in [1.165, 1.54) is 0 Å². The summed E-state index contributed by atoms with van der Waals surface area (Å²) >= 11 is 0. The van der Waals surface area contributed by atoms with Crippen LogP contribution in [0.4, 0.5) is 5.69 Å². The summed E-state index contributed by atoms with van der Waals surface area (Å²) in [5.41, 5.74) is 2.95. The molecule has 0 radical (unpaired) electrons. The van der Waals surface area contributed by atoms with Crippen molar-refractivity contribution in [2.24, 2.45) is 5.92 Å². The van der Waals surface area contributed by atoms with Gasteiger partial charge in [0.1, 0.15) is 0 Å². The number of rotatable bonds is 3. The first kappa shape index (κ1) is 12.3. The average molecular weight is 236 g/mol. The Kier molecular flexibility index (Phi) is 3.97. The third-order valence-electron chi connectivity index (χ3n) is 3.48. The molecule has 2 N–H and O–H groups in total. The Morgan fingerprint density at radius 2 is 2.06 bits per heavy atom. The Morgan fingerprint density at radius 1 is 1.35 bits per heavy atom. The van der Waals surface area contributed by atoms with Gasteiger partial charge in [0.2, 0.25) is 0 Å². The molecule has 0 aliphatic carbocycles. The number of pyridine rings is 1. The number of nitrogens with zero attached hydrogens (tertiary/aromatic N) is 2. The van der Waals surface area contributed by atoms with Crippen molar-refractivity contribution in [1.29, 1.82) is 0 Å². The largest absolute Gasteiger partial charge is 0.396 e. The molecule has 0 unspecified atom stereocenters. The first-order valence-electron chi connectivity index (χ1n) is 6.16. The zero-order chi connectivity index (χ0) is 12.3. The summed E-state index contributed by atoms with van der Waals surface area (Å²) in [4.78, 5) is 6.49. The lowest BCUT2D eigenvalue weighted by Crippen LogP contribution is -2.35. The third-order valence-corrected chi connectivity index (χ3v) is 3.48. The van der Waals surface area contributed by atoms with Crippen molar-refractivity contribution in [2.45, 2.75) is 26.4 Å². The summed E-state index contributed by atoms with van der Waals surface area (Å²) in [5.74, 6) is 0.437. The Bertz CT molecular complexity index is 374. The lowest BCUT2D eigenvalue weighted by atomic mass is 9.97. The number of aromatic nitrogens is 1. The summed E-state index contributed by atoms with van der Waals surface area (Å²) in [5, 5.41) is 18.5. The van der Waals surface area contributed by atoms with Crippen LogP contribution in [0.1, 0.15) is 24.1 Å². The van der Waals surface area contributed by atoms with Crippen molar-refractivity contribution in [1.82, 2.24) is 4.98 Å². The molecule has 0 saturated carbocycles. The van der Waals surface area contributed by atoms with E-state index in [9.17, 15) is 5.11 Å². The Morgan fingerprint density at radius 3 is 2.65 bits per heavy atom. The van der Waals surface area contributed by atoms with E-state index in [0.717, 1.165) is 42.9 Å². The first-order valence-corrected chi connectivity index (χ1v) is 6.16. The molecule has 0 atom stereocenters. The molecule has 1 aliphatic heterocycles. The quantitative estimate of drug-likeness (QED) is 0.825. The molecule has 94 valence electrons. The third kappa shape index (κ3) is 2.76. The molecule has 0 amide bonds. The van der Waals surface area contributed by atoms with Gasteiger partial charge in [-0.2, -0.15) is 0 Å². The maximum absolute atomic E-state index is 9.33. The number of aryl methyl sites for hydroxylation is 1. The van der Waals surface area contributed by atoms with Gasteiger partial charge in [-0.05, 0) is 31.7 Å². The minimum atomic E-state index is 0.0303.